The minimum absolute atomic E-state index is 0.0441. The summed E-state index contributed by atoms with van der Waals surface area (Å²) in [4.78, 5) is 49.0. The fraction of sp³-hybridized carbons (Fsp3) is 0.303. The fourth-order valence-electron chi connectivity index (χ4n) is 5.50. The standard InChI is InChI=1S/C33H38N6O3/c1-23(28-21-34-29-15-8-7-14-27(28)29)30(31(40)35-26-13-9-10-24(20-26)22-37(2)3)36-33(42)39-18-16-38(17-19-39)32(41)25-11-5-4-6-12-25/h4-15,20-21,23,30,34H,16-19,22H2,1-3H3,(H,35,40)(H,36,42). The van der Waals surface area contributed by atoms with E-state index in [1.54, 1.807) is 21.9 Å². The summed E-state index contributed by atoms with van der Waals surface area (Å²) in [5.41, 5.74) is 4.31. The molecule has 2 unspecified atom stereocenters. The van der Waals surface area contributed by atoms with E-state index in [-0.39, 0.29) is 23.8 Å². The first kappa shape index (κ1) is 28.9. The predicted octanol–water partition coefficient (Wildman–Crippen LogP) is 4.51. The molecular weight excluding hydrogens is 528 g/mol. The zero-order valence-corrected chi connectivity index (χ0v) is 24.3. The number of nitrogens with one attached hydrogen (secondary N) is 3. The van der Waals surface area contributed by atoms with Crippen LogP contribution in [-0.4, -0.2) is 83.8 Å². The van der Waals surface area contributed by atoms with Gasteiger partial charge in [0.05, 0.1) is 0 Å². The molecular formula is C33H38N6O3. The number of anilines is 1. The number of H-pyrrole nitrogens is 1. The number of amides is 4. The van der Waals surface area contributed by atoms with Crippen molar-refractivity contribution >= 4 is 34.4 Å². The molecule has 2 atom stereocenters. The lowest BCUT2D eigenvalue weighted by Crippen LogP contribution is -2.57. The maximum absolute atomic E-state index is 13.8. The Morgan fingerprint density at radius 1 is 0.881 bits per heavy atom. The number of carbonyl (C=O) groups is 3. The van der Waals surface area contributed by atoms with E-state index in [1.807, 2.05) is 93.9 Å². The van der Waals surface area contributed by atoms with Crippen LogP contribution in [0.2, 0.25) is 0 Å². The Morgan fingerprint density at radius 3 is 2.31 bits per heavy atom. The van der Waals surface area contributed by atoms with Gasteiger partial charge in [-0.25, -0.2) is 4.79 Å². The van der Waals surface area contributed by atoms with E-state index in [0.29, 0.717) is 37.4 Å². The summed E-state index contributed by atoms with van der Waals surface area (Å²) in [5, 5.41) is 7.08. The van der Waals surface area contributed by atoms with Crippen LogP contribution in [0, 0.1) is 0 Å². The second-order valence-electron chi connectivity index (χ2n) is 11.1. The van der Waals surface area contributed by atoms with Crippen molar-refractivity contribution < 1.29 is 14.4 Å². The van der Waals surface area contributed by atoms with E-state index in [2.05, 4.69) is 20.5 Å². The normalized spacial score (nSPS) is 15.0. The van der Waals surface area contributed by atoms with Crippen molar-refractivity contribution in [3.05, 3.63) is 102 Å². The summed E-state index contributed by atoms with van der Waals surface area (Å²) in [6.07, 6.45) is 1.91. The van der Waals surface area contributed by atoms with E-state index in [1.165, 1.54) is 0 Å². The first-order chi connectivity index (χ1) is 20.3. The summed E-state index contributed by atoms with van der Waals surface area (Å²) in [6, 6.07) is 23.7. The minimum Gasteiger partial charge on any atom is -0.361 e. The van der Waals surface area contributed by atoms with Gasteiger partial charge in [0.15, 0.2) is 0 Å². The second-order valence-corrected chi connectivity index (χ2v) is 11.1. The summed E-state index contributed by atoms with van der Waals surface area (Å²) in [6.45, 7) is 4.32. The predicted molar refractivity (Wildman–Crippen MR) is 165 cm³/mol. The molecule has 0 radical (unpaired) electrons. The highest BCUT2D eigenvalue weighted by Gasteiger charge is 2.32. The topological polar surface area (TPSA) is 101 Å². The van der Waals surface area contributed by atoms with Crippen LogP contribution in [0.25, 0.3) is 10.9 Å². The molecule has 9 nitrogen and oxygen atoms in total. The Hall–Kier alpha value is -4.63. The van der Waals surface area contributed by atoms with Gasteiger partial charge in [-0.1, -0.05) is 55.5 Å². The van der Waals surface area contributed by atoms with Crippen LogP contribution in [-0.2, 0) is 11.3 Å². The lowest BCUT2D eigenvalue weighted by atomic mass is 9.92. The molecule has 0 spiro atoms. The smallest absolute Gasteiger partial charge is 0.318 e. The van der Waals surface area contributed by atoms with Crippen molar-refractivity contribution in [2.75, 3.05) is 45.6 Å². The van der Waals surface area contributed by atoms with Crippen LogP contribution in [0.15, 0.2) is 85.1 Å². The van der Waals surface area contributed by atoms with Gasteiger partial charge in [-0.15, -0.1) is 0 Å². The lowest BCUT2D eigenvalue weighted by Gasteiger charge is -2.36. The SMILES string of the molecule is CC(c1c[nH]c2ccccc12)C(NC(=O)N1CCN(C(=O)c2ccccc2)CC1)C(=O)Nc1cccc(CN(C)C)c1. The van der Waals surface area contributed by atoms with Gasteiger partial charge in [0, 0.05) is 67.0 Å². The molecule has 1 aliphatic rings. The van der Waals surface area contributed by atoms with Gasteiger partial charge in [-0.2, -0.15) is 0 Å². The molecule has 3 aromatic carbocycles. The third kappa shape index (κ3) is 6.63. The Bertz CT molecular complexity index is 1540. The van der Waals surface area contributed by atoms with E-state index < -0.39 is 6.04 Å². The maximum atomic E-state index is 13.8. The van der Waals surface area contributed by atoms with Crippen molar-refractivity contribution in [2.24, 2.45) is 0 Å². The number of aromatic nitrogens is 1. The highest BCUT2D eigenvalue weighted by atomic mass is 16.2. The number of nitrogens with zero attached hydrogens (tertiary/aromatic N) is 3. The molecule has 1 saturated heterocycles. The molecule has 5 rings (SSSR count). The number of rotatable bonds is 8. The number of piperazine rings is 1. The van der Waals surface area contributed by atoms with Gasteiger partial charge in [-0.3, -0.25) is 9.59 Å². The zero-order valence-electron chi connectivity index (χ0n) is 24.3. The highest BCUT2D eigenvalue weighted by molar-refractivity contribution is 5.98. The number of benzene rings is 3. The van der Waals surface area contributed by atoms with E-state index in [4.69, 9.17) is 0 Å². The fourth-order valence-corrected chi connectivity index (χ4v) is 5.50. The summed E-state index contributed by atoms with van der Waals surface area (Å²) in [7, 11) is 3.99. The first-order valence-electron chi connectivity index (χ1n) is 14.3. The molecule has 4 amide bonds. The van der Waals surface area contributed by atoms with Gasteiger partial charge in [0.25, 0.3) is 5.91 Å². The third-order valence-corrected chi connectivity index (χ3v) is 7.74. The average molecular weight is 567 g/mol. The summed E-state index contributed by atoms with van der Waals surface area (Å²) in [5.74, 6) is -0.658. The third-order valence-electron chi connectivity index (χ3n) is 7.74. The number of hydrogen-bond acceptors (Lipinski definition) is 4. The van der Waals surface area contributed by atoms with Crippen molar-refractivity contribution in [3.8, 4) is 0 Å². The van der Waals surface area contributed by atoms with Crippen molar-refractivity contribution in [3.63, 3.8) is 0 Å². The molecule has 0 saturated carbocycles. The Balaban J connectivity index is 1.32. The monoisotopic (exact) mass is 566 g/mol. The van der Waals surface area contributed by atoms with Gasteiger partial charge < -0.3 is 30.3 Å². The van der Waals surface area contributed by atoms with E-state index in [0.717, 1.165) is 28.6 Å². The molecule has 42 heavy (non-hydrogen) atoms. The van der Waals surface area contributed by atoms with Crippen LogP contribution >= 0.6 is 0 Å². The Morgan fingerprint density at radius 2 is 1.57 bits per heavy atom. The summed E-state index contributed by atoms with van der Waals surface area (Å²) >= 11 is 0. The first-order valence-corrected chi connectivity index (χ1v) is 14.3. The van der Waals surface area contributed by atoms with Crippen LogP contribution in [0.4, 0.5) is 10.5 Å². The minimum atomic E-state index is -0.835. The zero-order chi connectivity index (χ0) is 29.6. The number of aromatic amines is 1. The molecule has 1 aliphatic heterocycles. The highest BCUT2D eigenvalue weighted by Crippen LogP contribution is 2.29. The molecule has 1 fully saturated rings. The molecule has 218 valence electrons. The number of urea groups is 1. The van der Waals surface area contributed by atoms with Crippen molar-refractivity contribution in [1.29, 1.82) is 0 Å². The van der Waals surface area contributed by atoms with E-state index in [9.17, 15) is 14.4 Å². The van der Waals surface area contributed by atoms with Crippen LogP contribution < -0.4 is 10.6 Å². The second kappa shape index (κ2) is 12.9. The van der Waals surface area contributed by atoms with Gasteiger partial charge in [0.2, 0.25) is 5.91 Å². The van der Waals surface area contributed by atoms with Gasteiger partial charge >= 0.3 is 6.03 Å². The molecule has 9 heteroatoms. The average Bonchev–Trinajstić information content (AvgIpc) is 3.44. The van der Waals surface area contributed by atoms with Gasteiger partial charge in [0.1, 0.15) is 6.04 Å². The van der Waals surface area contributed by atoms with Crippen LogP contribution in [0.5, 0.6) is 0 Å². The molecule has 2 heterocycles. The molecule has 0 bridgehead atoms. The number of para-hydroxylation sites is 1. The number of fused-ring (bicyclic) bond motifs is 1. The van der Waals surface area contributed by atoms with E-state index >= 15 is 0 Å². The molecule has 3 N–H and O–H groups in total. The van der Waals surface area contributed by atoms with Crippen molar-refractivity contribution in [1.82, 2.24) is 25.0 Å². The largest absolute Gasteiger partial charge is 0.361 e. The number of hydrogen-bond donors (Lipinski definition) is 3. The Labute approximate surface area is 246 Å². The number of carbonyl (C=O) groups excluding carboxylic acids is 3. The van der Waals surface area contributed by atoms with Crippen LogP contribution in [0.1, 0.15) is 34.3 Å². The maximum Gasteiger partial charge on any atom is 0.318 e. The van der Waals surface area contributed by atoms with Crippen LogP contribution in [0.3, 0.4) is 0 Å². The van der Waals surface area contributed by atoms with Crippen molar-refractivity contribution in [2.45, 2.75) is 25.4 Å². The molecule has 4 aromatic rings. The Kier molecular flexibility index (Phi) is 8.88. The summed E-state index contributed by atoms with van der Waals surface area (Å²) < 4.78 is 0. The molecule has 1 aromatic heterocycles. The molecule has 0 aliphatic carbocycles. The lowest BCUT2D eigenvalue weighted by molar-refractivity contribution is -0.118. The quantitative estimate of drug-likeness (QED) is 0.292. The van der Waals surface area contributed by atoms with Gasteiger partial charge in [-0.05, 0) is 55.6 Å².